The van der Waals surface area contributed by atoms with Gasteiger partial charge in [-0.25, -0.2) is 0 Å². The smallest absolute Gasteiger partial charge is 0.261 e. The van der Waals surface area contributed by atoms with Crippen LogP contribution in [-0.4, -0.2) is 23.8 Å². The van der Waals surface area contributed by atoms with Gasteiger partial charge in [-0.05, 0) is 46.3 Å². The minimum atomic E-state index is -0.304. The Morgan fingerprint density at radius 1 is 1.08 bits per heavy atom. The van der Waals surface area contributed by atoms with Gasteiger partial charge in [0.1, 0.15) is 11.5 Å². The lowest BCUT2D eigenvalue weighted by molar-refractivity contribution is 0.0632. The van der Waals surface area contributed by atoms with E-state index in [4.69, 9.17) is 9.15 Å². The molecule has 4 rings (SSSR count). The molecule has 120 valence electrons. The van der Waals surface area contributed by atoms with Gasteiger partial charge in [-0.1, -0.05) is 12.1 Å². The van der Waals surface area contributed by atoms with E-state index in [9.17, 15) is 9.59 Å². The molecule has 0 saturated heterocycles. The molecule has 24 heavy (non-hydrogen) atoms. The number of furan rings is 1. The number of carbonyl (C=O) groups excluding carboxylic acids is 2. The molecule has 2 heterocycles. The van der Waals surface area contributed by atoms with E-state index in [0.29, 0.717) is 28.2 Å². The number of halogens is 1. The normalized spacial score (nSPS) is 13.7. The van der Waals surface area contributed by atoms with E-state index in [1.165, 1.54) is 4.90 Å². The molecule has 0 fully saturated rings. The number of rotatable bonds is 3. The molecule has 0 spiro atoms. The number of hydrogen-bond donors (Lipinski definition) is 0. The summed E-state index contributed by atoms with van der Waals surface area (Å²) in [5, 5.41) is 0.790. The van der Waals surface area contributed by atoms with E-state index in [2.05, 4.69) is 15.9 Å². The fraction of sp³-hybridized carbons (Fsp3) is 0.111. The summed E-state index contributed by atoms with van der Waals surface area (Å²) in [4.78, 5) is 26.1. The standard InChI is InChI=1S/C18H12BrNO4/c1-23-15-7-6-14(19)16-13(15)8-10(24-16)9-20-17(21)11-4-2-3-5-12(11)18(20)22/h2-8H,9H2,1H3. The molecule has 1 aromatic heterocycles. The summed E-state index contributed by atoms with van der Waals surface area (Å²) in [6.45, 7) is 0.0800. The fourth-order valence-corrected chi connectivity index (χ4v) is 3.34. The van der Waals surface area contributed by atoms with Gasteiger partial charge in [-0.3, -0.25) is 14.5 Å². The van der Waals surface area contributed by atoms with Gasteiger partial charge in [0, 0.05) is 0 Å². The number of methoxy groups -OCH3 is 1. The number of carbonyl (C=O) groups is 2. The van der Waals surface area contributed by atoms with Crippen LogP contribution in [0.5, 0.6) is 5.75 Å². The lowest BCUT2D eigenvalue weighted by Gasteiger charge is -2.11. The van der Waals surface area contributed by atoms with Crippen LogP contribution in [0.15, 0.2) is 51.4 Å². The number of hydrogen-bond acceptors (Lipinski definition) is 4. The first-order valence-electron chi connectivity index (χ1n) is 7.30. The van der Waals surface area contributed by atoms with Crippen LogP contribution in [0.1, 0.15) is 26.5 Å². The van der Waals surface area contributed by atoms with Crippen LogP contribution < -0.4 is 4.74 Å². The molecule has 0 radical (unpaired) electrons. The van der Waals surface area contributed by atoms with Gasteiger partial charge in [0.2, 0.25) is 0 Å². The molecular formula is C18H12BrNO4. The van der Waals surface area contributed by atoms with Crippen molar-refractivity contribution in [2.24, 2.45) is 0 Å². The number of fused-ring (bicyclic) bond motifs is 2. The first-order valence-corrected chi connectivity index (χ1v) is 8.09. The average molecular weight is 386 g/mol. The van der Waals surface area contributed by atoms with Gasteiger partial charge >= 0.3 is 0 Å². The van der Waals surface area contributed by atoms with E-state index in [1.807, 2.05) is 12.1 Å². The topological polar surface area (TPSA) is 59.8 Å². The van der Waals surface area contributed by atoms with Gasteiger partial charge in [0.15, 0.2) is 5.58 Å². The maximum absolute atomic E-state index is 12.4. The molecular weight excluding hydrogens is 374 g/mol. The first kappa shape index (κ1) is 15.0. The second-order valence-electron chi connectivity index (χ2n) is 5.45. The van der Waals surface area contributed by atoms with E-state index in [1.54, 1.807) is 37.4 Å². The SMILES string of the molecule is COc1ccc(Br)c2oc(CN3C(=O)c4ccccc4C3=O)cc12. The Morgan fingerprint density at radius 3 is 2.38 bits per heavy atom. The predicted molar refractivity (Wildman–Crippen MR) is 91.1 cm³/mol. The Morgan fingerprint density at radius 2 is 1.75 bits per heavy atom. The van der Waals surface area contributed by atoms with Crippen molar-refractivity contribution in [1.29, 1.82) is 0 Å². The number of benzene rings is 2. The zero-order chi connectivity index (χ0) is 16.8. The highest BCUT2D eigenvalue weighted by atomic mass is 79.9. The monoisotopic (exact) mass is 385 g/mol. The van der Waals surface area contributed by atoms with Gasteiger partial charge in [-0.2, -0.15) is 0 Å². The summed E-state index contributed by atoms with van der Waals surface area (Å²) in [5.74, 6) is 0.583. The van der Waals surface area contributed by atoms with Crippen LogP contribution in [0, 0.1) is 0 Å². The molecule has 0 saturated carbocycles. The lowest BCUT2D eigenvalue weighted by atomic mass is 10.1. The van der Waals surface area contributed by atoms with Crippen molar-refractivity contribution in [3.63, 3.8) is 0 Å². The van der Waals surface area contributed by atoms with Gasteiger partial charge in [0.05, 0.1) is 34.6 Å². The Balaban J connectivity index is 1.72. The molecule has 1 aliphatic rings. The van der Waals surface area contributed by atoms with Gasteiger partial charge in [0.25, 0.3) is 11.8 Å². The summed E-state index contributed by atoms with van der Waals surface area (Å²) in [6.07, 6.45) is 0. The molecule has 0 unspecified atom stereocenters. The van der Waals surface area contributed by atoms with E-state index >= 15 is 0 Å². The van der Waals surface area contributed by atoms with Crippen molar-refractivity contribution < 1.29 is 18.7 Å². The van der Waals surface area contributed by atoms with Crippen molar-refractivity contribution in [3.05, 3.63) is 63.8 Å². The zero-order valence-electron chi connectivity index (χ0n) is 12.7. The van der Waals surface area contributed by atoms with Crippen LogP contribution >= 0.6 is 15.9 Å². The minimum absolute atomic E-state index is 0.0800. The number of nitrogens with zero attached hydrogens (tertiary/aromatic N) is 1. The second kappa shape index (κ2) is 5.49. The number of ether oxygens (including phenoxy) is 1. The summed E-state index contributed by atoms with van der Waals surface area (Å²) in [6, 6.07) is 12.3. The van der Waals surface area contributed by atoms with Crippen LogP contribution in [0.25, 0.3) is 11.0 Å². The van der Waals surface area contributed by atoms with Crippen molar-refractivity contribution in [2.75, 3.05) is 7.11 Å². The second-order valence-corrected chi connectivity index (χ2v) is 6.30. The third kappa shape index (κ3) is 2.14. The molecule has 1 aliphatic heterocycles. The van der Waals surface area contributed by atoms with E-state index in [-0.39, 0.29) is 18.4 Å². The van der Waals surface area contributed by atoms with Crippen LogP contribution in [0.4, 0.5) is 0 Å². The average Bonchev–Trinajstić information content (AvgIpc) is 3.12. The maximum atomic E-state index is 12.4. The molecule has 2 aromatic carbocycles. The Bertz CT molecular complexity index is 957. The zero-order valence-corrected chi connectivity index (χ0v) is 14.3. The summed E-state index contributed by atoms with van der Waals surface area (Å²) >= 11 is 3.44. The highest BCUT2D eigenvalue weighted by Gasteiger charge is 2.35. The van der Waals surface area contributed by atoms with Crippen LogP contribution in [-0.2, 0) is 6.54 Å². The highest BCUT2D eigenvalue weighted by molar-refractivity contribution is 9.10. The summed E-state index contributed by atoms with van der Waals surface area (Å²) < 4.78 is 11.9. The maximum Gasteiger partial charge on any atom is 0.261 e. The fourth-order valence-electron chi connectivity index (χ4n) is 2.91. The van der Waals surface area contributed by atoms with E-state index in [0.717, 1.165) is 9.86 Å². The Kier molecular flexibility index (Phi) is 3.42. The largest absolute Gasteiger partial charge is 0.496 e. The van der Waals surface area contributed by atoms with Crippen LogP contribution in [0.2, 0.25) is 0 Å². The minimum Gasteiger partial charge on any atom is -0.496 e. The van der Waals surface area contributed by atoms with Crippen LogP contribution in [0.3, 0.4) is 0 Å². The first-order chi connectivity index (χ1) is 11.6. The number of amides is 2. The van der Waals surface area contributed by atoms with Crippen molar-refractivity contribution >= 4 is 38.7 Å². The van der Waals surface area contributed by atoms with Crippen molar-refractivity contribution in [2.45, 2.75) is 6.54 Å². The molecule has 2 amide bonds. The molecule has 0 aliphatic carbocycles. The molecule has 0 bridgehead atoms. The highest BCUT2D eigenvalue weighted by Crippen LogP contribution is 2.35. The summed E-state index contributed by atoms with van der Waals surface area (Å²) in [5.41, 5.74) is 1.48. The third-order valence-corrected chi connectivity index (χ3v) is 4.68. The predicted octanol–water partition coefficient (Wildman–Crippen LogP) is 4.00. The summed E-state index contributed by atoms with van der Waals surface area (Å²) in [7, 11) is 1.58. The molecule has 6 heteroatoms. The van der Waals surface area contributed by atoms with Crippen molar-refractivity contribution in [1.82, 2.24) is 4.90 Å². The van der Waals surface area contributed by atoms with Gasteiger partial charge < -0.3 is 9.15 Å². The van der Waals surface area contributed by atoms with Gasteiger partial charge in [-0.15, -0.1) is 0 Å². The Hall–Kier alpha value is -2.60. The third-order valence-electron chi connectivity index (χ3n) is 4.06. The molecule has 3 aromatic rings. The Labute approximate surface area is 145 Å². The molecule has 0 N–H and O–H groups in total. The number of imide groups is 1. The van der Waals surface area contributed by atoms with Crippen molar-refractivity contribution in [3.8, 4) is 5.75 Å². The molecule has 5 nitrogen and oxygen atoms in total. The lowest BCUT2D eigenvalue weighted by Crippen LogP contribution is -2.28. The van der Waals surface area contributed by atoms with E-state index < -0.39 is 0 Å². The quantitative estimate of drug-likeness (QED) is 0.639. The molecule has 0 atom stereocenters.